The van der Waals surface area contributed by atoms with Gasteiger partial charge in [-0.2, -0.15) is 0 Å². The number of ether oxygens (including phenoxy) is 1. The average molecular weight is 242 g/mol. The lowest BCUT2D eigenvalue weighted by Gasteiger charge is -2.31. The van der Waals surface area contributed by atoms with Crippen molar-refractivity contribution < 1.29 is 9.53 Å². The van der Waals surface area contributed by atoms with Crippen molar-refractivity contribution in [3.63, 3.8) is 0 Å². The second-order valence-electron chi connectivity index (χ2n) is 5.14. The average Bonchev–Trinajstić information content (AvgIpc) is 2.32. The number of unbranched alkanes of at least 4 members (excludes halogenated alkanes) is 1. The molecule has 0 aromatic rings. The molecular formula is C13H26N2O2. The summed E-state index contributed by atoms with van der Waals surface area (Å²) in [7, 11) is 1.70. The molecule has 0 heterocycles. The third-order valence-electron chi connectivity index (χ3n) is 3.70. The molecule has 3 N–H and O–H groups in total. The van der Waals surface area contributed by atoms with Crippen LogP contribution in [0.15, 0.2) is 0 Å². The second kappa shape index (κ2) is 7.67. The van der Waals surface area contributed by atoms with Gasteiger partial charge in [-0.3, -0.25) is 4.79 Å². The van der Waals surface area contributed by atoms with Crippen LogP contribution in [0, 0.1) is 11.8 Å². The summed E-state index contributed by atoms with van der Waals surface area (Å²) in [5.41, 5.74) is 6.00. The number of hydrogen-bond acceptors (Lipinski definition) is 3. The molecule has 1 rings (SSSR count). The van der Waals surface area contributed by atoms with Crippen LogP contribution in [-0.2, 0) is 9.53 Å². The molecule has 0 radical (unpaired) electrons. The SMILES string of the molecule is COCCCCNC(=O)C1CCC(C)C(N)C1. The van der Waals surface area contributed by atoms with E-state index in [-0.39, 0.29) is 17.9 Å². The Hall–Kier alpha value is -0.610. The van der Waals surface area contributed by atoms with Crippen molar-refractivity contribution in [2.45, 2.75) is 45.1 Å². The fourth-order valence-electron chi connectivity index (χ4n) is 2.32. The maximum Gasteiger partial charge on any atom is 0.223 e. The van der Waals surface area contributed by atoms with Crippen LogP contribution in [0.3, 0.4) is 0 Å². The highest BCUT2D eigenvalue weighted by Gasteiger charge is 2.29. The predicted molar refractivity (Wildman–Crippen MR) is 68.6 cm³/mol. The van der Waals surface area contributed by atoms with Crippen LogP contribution in [0.2, 0.25) is 0 Å². The van der Waals surface area contributed by atoms with Crippen LogP contribution < -0.4 is 11.1 Å². The first-order chi connectivity index (χ1) is 8.15. The fourth-order valence-corrected chi connectivity index (χ4v) is 2.32. The number of carbonyl (C=O) groups is 1. The lowest BCUT2D eigenvalue weighted by Crippen LogP contribution is -2.41. The molecule has 0 spiro atoms. The van der Waals surface area contributed by atoms with Gasteiger partial charge in [0.2, 0.25) is 5.91 Å². The number of rotatable bonds is 6. The van der Waals surface area contributed by atoms with Gasteiger partial charge in [0.25, 0.3) is 0 Å². The van der Waals surface area contributed by atoms with E-state index < -0.39 is 0 Å². The molecule has 100 valence electrons. The van der Waals surface area contributed by atoms with Gasteiger partial charge in [0, 0.05) is 32.2 Å². The number of nitrogens with one attached hydrogen (secondary N) is 1. The molecule has 0 aromatic carbocycles. The van der Waals surface area contributed by atoms with Crippen molar-refractivity contribution in [2.24, 2.45) is 17.6 Å². The van der Waals surface area contributed by atoms with E-state index in [9.17, 15) is 4.79 Å². The Morgan fingerprint density at radius 2 is 2.18 bits per heavy atom. The molecule has 0 aliphatic heterocycles. The minimum atomic E-state index is 0.128. The van der Waals surface area contributed by atoms with Gasteiger partial charge in [-0.15, -0.1) is 0 Å². The fraction of sp³-hybridized carbons (Fsp3) is 0.923. The Labute approximate surface area is 104 Å². The first kappa shape index (κ1) is 14.5. The molecule has 0 bridgehead atoms. The van der Waals surface area contributed by atoms with Crippen molar-refractivity contribution in [1.29, 1.82) is 0 Å². The highest BCUT2D eigenvalue weighted by atomic mass is 16.5. The zero-order chi connectivity index (χ0) is 12.7. The van der Waals surface area contributed by atoms with E-state index in [4.69, 9.17) is 10.5 Å². The lowest BCUT2D eigenvalue weighted by atomic mass is 9.79. The van der Waals surface area contributed by atoms with Crippen LogP contribution in [0.1, 0.15) is 39.0 Å². The monoisotopic (exact) mass is 242 g/mol. The van der Waals surface area contributed by atoms with Gasteiger partial charge in [0.05, 0.1) is 0 Å². The van der Waals surface area contributed by atoms with Gasteiger partial charge in [0.15, 0.2) is 0 Å². The van der Waals surface area contributed by atoms with Crippen LogP contribution >= 0.6 is 0 Å². The molecule has 1 amide bonds. The molecular weight excluding hydrogens is 216 g/mol. The van der Waals surface area contributed by atoms with Crippen LogP contribution in [0.4, 0.5) is 0 Å². The standard InChI is InChI=1S/C13H26N2O2/c1-10-5-6-11(9-12(10)14)13(16)15-7-3-4-8-17-2/h10-12H,3-9,14H2,1-2H3,(H,15,16). The molecule has 1 aliphatic carbocycles. The molecule has 3 atom stereocenters. The maximum absolute atomic E-state index is 11.9. The zero-order valence-corrected chi connectivity index (χ0v) is 11.1. The number of carbonyl (C=O) groups excluding carboxylic acids is 1. The van der Waals surface area contributed by atoms with Crippen molar-refractivity contribution in [1.82, 2.24) is 5.32 Å². The number of amides is 1. The molecule has 1 fully saturated rings. The van der Waals surface area contributed by atoms with E-state index in [2.05, 4.69) is 12.2 Å². The van der Waals surface area contributed by atoms with E-state index in [0.717, 1.165) is 45.3 Å². The molecule has 1 saturated carbocycles. The number of nitrogens with two attached hydrogens (primary N) is 1. The Morgan fingerprint density at radius 3 is 2.82 bits per heavy atom. The van der Waals surface area contributed by atoms with Crippen LogP contribution in [0.5, 0.6) is 0 Å². The van der Waals surface area contributed by atoms with Gasteiger partial charge in [-0.05, 0) is 38.0 Å². The lowest BCUT2D eigenvalue weighted by molar-refractivity contribution is -0.126. The Morgan fingerprint density at radius 1 is 1.41 bits per heavy atom. The predicted octanol–water partition coefficient (Wildman–Crippen LogP) is 1.29. The largest absolute Gasteiger partial charge is 0.385 e. The molecule has 3 unspecified atom stereocenters. The Kier molecular flexibility index (Phi) is 6.52. The van der Waals surface area contributed by atoms with Gasteiger partial charge < -0.3 is 15.8 Å². The van der Waals surface area contributed by atoms with E-state index in [1.54, 1.807) is 7.11 Å². The minimum Gasteiger partial charge on any atom is -0.385 e. The van der Waals surface area contributed by atoms with Gasteiger partial charge in [-0.1, -0.05) is 6.92 Å². The first-order valence-corrected chi connectivity index (χ1v) is 6.67. The van der Waals surface area contributed by atoms with E-state index in [0.29, 0.717) is 5.92 Å². The van der Waals surface area contributed by atoms with Crippen molar-refractivity contribution >= 4 is 5.91 Å². The van der Waals surface area contributed by atoms with Crippen molar-refractivity contribution in [3.05, 3.63) is 0 Å². The molecule has 4 nitrogen and oxygen atoms in total. The van der Waals surface area contributed by atoms with E-state index >= 15 is 0 Å². The zero-order valence-electron chi connectivity index (χ0n) is 11.1. The van der Waals surface area contributed by atoms with Crippen molar-refractivity contribution in [2.75, 3.05) is 20.3 Å². The third-order valence-corrected chi connectivity index (χ3v) is 3.70. The molecule has 4 heteroatoms. The summed E-state index contributed by atoms with van der Waals surface area (Å²) in [4.78, 5) is 11.9. The van der Waals surface area contributed by atoms with Gasteiger partial charge >= 0.3 is 0 Å². The van der Waals surface area contributed by atoms with Crippen LogP contribution in [0.25, 0.3) is 0 Å². The summed E-state index contributed by atoms with van der Waals surface area (Å²) < 4.78 is 4.96. The summed E-state index contributed by atoms with van der Waals surface area (Å²) in [6, 6.07) is 0.188. The molecule has 1 aliphatic rings. The number of hydrogen-bond donors (Lipinski definition) is 2. The van der Waals surface area contributed by atoms with Crippen LogP contribution in [-0.4, -0.2) is 32.2 Å². The van der Waals surface area contributed by atoms with Gasteiger partial charge in [-0.25, -0.2) is 0 Å². The van der Waals surface area contributed by atoms with Gasteiger partial charge in [0.1, 0.15) is 0 Å². The molecule has 17 heavy (non-hydrogen) atoms. The van der Waals surface area contributed by atoms with Crippen molar-refractivity contribution in [3.8, 4) is 0 Å². The summed E-state index contributed by atoms with van der Waals surface area (Å²) in [6.45, 7) is 3.69. The number of methoxy groups -OCH3 is 1. The molecule has 0 saturated heterocycles. The van der Waals surface area contributed by atoms with E-state index in [1.165, 1.54) is 0 Å². The van der Waals surface area contributed by atoms with E-state index in [1.807, 2.05) is 0 Å². The Balaban J connectivity index is 2.15. The normalized spacial score (nSPS) is 29.0. The third kappa shape index (κ3) is 5.04. The topological polar surface area (TPSA) is 64.3 Å². The summed E-state index contributed by atoms with van der Waals surface area (Å²) in [5, 5.41) is 3.00. The highest BCUT2D eigenvalue weighted by molar-refractivity contribution is 5.78. The Bertz CT molecular complexity index is 233. The maximum atomic E-state index is 11.9. The second-order valence-corrected chi connectivity index (χ2v) is 5.14. The summed E-state index contributed by atoms with van der Waals surface area (Å²) in [5.74, 6) is 0.870. The minimum absolute atomic E-state index is 0.128. The first-order valence-electron chi connectivity index (χ1n) is 6.67. The summed E-state index contributed by atoms with van der Waals surface area (Å²) in [6.07, 6.45) is 4.87. The summed E-state index contributed by atoms with van der Waals surface area (Å²) >= 11 is 0. The molecule has 0 aromatic heterocycles. The highest BCUT2D eigenvalue weighted by Crippen LogP contribution is 2.27. The quantitative estimate of drug-likeness (QED) is 0.690. The smallest absolute Gasteiger partial charge is 0.223 e.